The van der Waals surface area contributed by atoms with Crippen LogP contribution in [0.3, 0.4) is 0 Å². The SMILES string of the molecule is CCc1ccc2nc(N(CC3CCCO3)C(=O)CS(=O)(=O)c3ccc(OC)cc3)sc2c1. The molecule has 1 unspecified atom stereocenters. The van der Waals surface area contributed by atoms with Crippen molar-refractivity contribution in [2.75, 3.05) is 30.9 Å². The van der Waals surface area contributed by atoms with Gasteiger partial charge >= 0.3 is 0 Å². The number of nitrogens with zero attached hydrogens (tertiary/aromatic N) is 2. The maximum absolute atomic E-state index is 13.3. The summed E-state index contributed by atoms with van der Waals surface area (Å²) in [7, 11) is -2.31. The zero-order valence-electron chi connectivity index (χ0n) is 18.1. The molecule has 1 aliphatic heterocycles. The number of methoxy groups -OCH3 is 1. The van der Waals surface area contributed by atoms with E-state index in [0.717, 1.165) is 29.5 Å². The van der Waals surface area contributed by atoms with E-state index in [4.69, 9.17) is 9.47 Å². The molecule has 0 spiro atoms. The quantitative estimate of drug-likeness (QED) is 0.493. The number of aryl methyl sites for hydroxylation is 1. The molecule has 0 N–H and O–H groups in total. The Hall–Kier alpha value is -2.49. The van der Waals surface area contributed by atoms with Gasteiger partial charge in [-0.25, -0.2) is 13.4 Å². The maximum atomic E-state index is 13.3. The van der Waals surface area contributed by atoms with Crippen LogP contribution in [0.2, 0.25) is 0 Å². The van der Waals surface area contributed by atoms with Gasteiger partial charge in [0.25, 0.3) is 0 Å². The number of carbonyl (C=O) groups is 1. The maximum Gasteiger partial charge on any atom is 0.244 e. The number of hydrogen-bond donors (Lipinski definition) is 0. The van der Waals surface area contributed by atoms with E-state index in [9.17, 15) is 13.2 Å². The van der Waals surface area contributed by atoms with Crippen LogP contribution in [-0.2, 0) is 25.8 Å². The Kier molecular flexibility index (Phi) is 6.78. The van der Waals surface area contributed by atoms with E-state index in [0.29, 0.717) is 17.5 Å². The topological polar surface area (TPSA) is 85.8 Å². The number of anilines is 1. The third-order valence-electron chi connectivity index (χ3n) is 5.52. The Balaban J connectivity index is 1.62. The lowest BCUT2D eigenvalue weighted by atomic mass is 10.2. The Bertz CT molecular complexity index is 1200. The van der Waals surface area contributed by atoms with Crippen LogP contribution < -0.4 is 9.64 Å². The van der Waals surface area contributed by atoms with E-state index in [2.05, 4.69) is 18.0 Å². The molecule has 32 heavy (non-hydrogen) atoms. The van der Waals surface area contributed by atoms with Gasteiger partial charge in [-0.05, 0) is 61.2 Å². The normalized spacial score (nSPS) is 16.4. The summed E-state index contributed by atoms with van der Waals surface area (Å²) in [5.41, 5.74) is 1.98. The molecule has 4 rings (SSSR count). The van der Waals surface area contributed by atoms with Crippen LogP contribution >= 0.6 is 11.3 Å². The zero-order chi connectivity index (χ0) is 22.7. The van der Waals surface area contributed by atoms with Crippen LogP contribution in [0.1, 0.15) is 25.3 Å². The number of benzene rings is 2. The average Bonchev–Trinajstić information content (AvgIpc) is 3.46. The van der Waals surface area contributed by atoms with Gasteiger partial charge in [0.2, 0.25) is 5.91 Å². The van der Waals surface area contributed by atoms with E-state index in [1.165, 1.54) is 41.0 Å². The highest BCUT2D eigenvalue weighted by Crippen LogP contribution is 2.31. The first-order chi connectivity index (χ1) is 15.4. The number of rotatable bonds is 8. The van der Waals surface area contributed by atoms with Gasteiger partial charge in [0.05, 0.1) is 34.9 Å². The number of aromatic nitrogens is 1. The molecule has 0 saturated carbocycles. The minimum absolute atomic E-state index is 0.0839. The van der Waals surface area contributed by atoms with Crippen molar-refractivity contribution >= 4 is 42.4 Å². The van der Waals surface area contributed by atoms with Crippen LogP contribution in [0.25, 0.3) is 10.2 Å². The van der Waals surface area contributed by atoms with Crippen molar-refractivity contribution in [1.29, 1.82) is 0 Å². The molecule has 1 aliphatic rings. The van der Waals surface area contributed by atoms with Crippen molar-refractivity contribution in [1.82, 2.24) is 4.98 Å². The van der Waals surface area contributed by atoms with Crippen molar-refractivity contribution in [3.8, 4) is 5.75 Å². The lowest BCUT2D eigenvalue weighted by Crippen LogP contribution is -2.40. The molecule has 9 heteroatoms. The van der Waals surface area contributed by atoms with Crippen LogP contribution in [0.15, 0.2) is 47.4 Å². The molecule has 1 aromatic heterocycles. The molecule has 0 bridgehead atoms. The number of thiazole rings is 1. The first-order valence-corrected chi connectivity index (χ1v) is 13.0. The van der Waals surface area contributed by atoms with Gasteiger partial charge in [-0.3, -0.25) is 9.69 Å². The molecular weight excluding hydrogens is 448 g/mol. The molecular formula is C23H26N2O5S2. The van der Waals surface area contributed by atoms with Gasteiger partial charge in [0.1, 0.15) is 11.5 Å². The van der Waals surface area contributed by atoms with Crippen LogP contribution in [0.4, 0.5) is 5.13 Å². The Labute approximate surface area is 191 Å². The Morgan fingerprint density at radius 1 is 1.25 bits per heavy atom. The van der Waals surface area contributed by atoms with Crippen molar-refractivity contribution in [3.63, 3.8) is 0 Å². The van der Waals surface area contributed by atoms with Gasteiger partial charge in [-0.1, -0.05) is 24.3 Å². The molecule has 2 aromatic carbocycles. The van der Waals surface area contributed by atoms with Crippen molar-refractivity contribution in [3.05, 3.63) is 48.0 Å². The summed E-state index contributed by atoms with van der Waals surface area (Å²) in [6, 6.07) is 12.1. The lowest BCUT2D eigenvalue weighted by molar-refractivity contribution is -0.116. The van der Waals surface area contributed by atoms with Gasteiger partial charge in [0.15, 0.2) is 15.0 Å². The van der Waals surface area contributed by atoms with E-state index in [1.54, 1.807) is 12.1 Å². The lowest BCUT2D eigenvalue weighted by Gasteiger charge is -2.23. The van der Waals surface area contributed by atoms with E-state index in [-0.39, 0.29) is 17.5 Å². The predicted octanol–water partition coefficient (Wildman–Crippen LogP) is 3.85. The molecule has 7 nitrogen and oxygen atoms in total. The highest BCUT2D eigenvalue weighted by atomic mass is 32.2. The molecule has 1 amide bonds. The number of carbonyl (C=O) groups excluding carboxylic acids is 1. The summed E-state index contributed by atoms with van der Waals surface area (Å²) in [6.45, 7) is 3.02. The molecule has 1 atom stereocenters. The van der Waals surface area contributed by atoms with Crippen LogP contribution in [0, 0.1) is 0 Å². The molecule has 1 saturated heterocycles. The predicted molar refractivity (Wildman–Crippen MR) is 125 cm³/mol. The highest BCUT2D eigenvalue weighted by molar-refractivity contribution is 7.92. The average molecular weight is 475 g/mol. The second-order valence-corrected chi connectivity index (χ2v) is 10.7. The van der Waals surface area contributed by atoms with Gasteiger partial charge in [-0.15, -0.1) is 0 Å². The van der Waals surface area contributed by atoms with Gasteiger partial charge in [-0.2, -0.15) is 0 Å². The van der Waals surface area contributed by atoms with Crippen molar-refractivity contribution in [2.24, 2.45) is 0 Å². The fraction of sp³-hybridized carbons (Fsp3) is 0.391. The fourth-order valence-corrected chi connectivity index (χ4v) is 5.93. The van der Waals surface area contributed by atoms with Crippen LogP contribution in [0.5, 0.6) is 5.75 Å². The highest BCUT2D eigenvalue weighted by Gasteiger charge is 2.30. The summed E-state index contributed by atoms with van der Waals surface area (Å²) >= 11 is 1.40. The smallest absolute Gasteiger partial charge is 0.244 e. The molecule has 2 heterocycles. The minimum Gasteiger partial charge on any atom is -0.497 e. The van der Waals surface area contributed by atoms with Gasteiger partial charge in [0, 0.05) is 6.61 Å². The summed E-state index contributed by atoms with van der Waals surface area (Å²) in [5, 5.41) is 0.499. The second-order valence-electron chi connectivity index (χ2n) is 7.73. The van der Waals surface area contributed by atoms with Crippen molar-refractivity contribution < 1.29 is 22.7 Å². The summed E-state index contributed by atoms with van der Waals surface area (Å²) in [4.78, 5) is 19.5. The number of fused-ring (bicyclic) bond motifs is 1. The molecule has 0 aliphatic carbocycles. The zero-order valence-corrected chi connectivity index (χ0v) is 19.7. The third kappa shape index (κ3) is 4.95. The van der Waals surface area contributed by atoms with E-state index in [1.807, 2.05) is 12.1 Å². The first-order valence-electron chi connectivity index (χ1n) is 10.6. The third-order valence-corrected chi connectivity index (χ3v) is 8.18. The van der Waals surface area contributed by atoms with E-state index < -0.39 is 21.5 Å². The number of amides is 1. The number of ether oxygens (including phenoxy) is 2. The summed E-state index contributed by atoms with van der Waals surface area (Å²) in [6.07, 6.45) is 2.54. The molecule has 170 valence electrons. The first kappa shape index (κ1) is 22.7. The Morgan fingerprint density at radius 2 is 2.03 bits per heavy atom. The summed E-state index contributed by atoms with van der Waals surface area (Å²) < 4.78 is 37.7. The monoisotopic (exact) mass is 474 g/mol. The van der Waals surface area contributed by atoms with Gasteiger partial charge < -0.3 is 9.47 Å². The molecule has 0 radical (unpaired) electrons. The molecule has 3 aromatic rings. The van der Waals surface area contributed by atoms with E-state index >= 15 is 0 Å². The van der Waals surface area contributed by atoms with Crippen molar-refractivity contribution in [2.45, 2.75) is 37.2 Å². The minimum atomic E-state index is -3.82. The second kappa shape index (κ2) is 9.56. The number of sulfone groups is 1. The standard InChI is InChI=1S/C23H26N2O5S2/c1-3-16-6-11-20-21(13-16)31-23(24-20)25(14-18-5-4-12-30-18)22(26)15-32(27,28)19-9-7-17(29-2)8-10-19/h6-11,13,18H,3-5,12,14-15H2,1-2H3. The number of hydrogen-bond acceptors (Lipinski definition) is 7. The summed E-state index contributed by atoms with van der Waals surface area (Å²) in [5.74, 6) is -0.593. The van der Waals surface area contributed by atoms with Crippen LogP contribution in [-0.4, -0.2) is 51.4 Å². The fourth-order valence-electron chi connectivity index (χ4n) is 3.68. The largest absolute Gasteiger partial charge is 0.497 e. The Morgan fingerprint density at radius 3 is 2.69 bits per heavy atom. The molecule has 1 fully saturated rings.